The van der Waals surface area contributed by atoms with E-state index in [-0.39, 0.29) is 5.56 Å². The highest BCUT2D eigenvalue weighted by molar-refractivity contribution is 5.96. The molecule has 2 N–H and O–H groups in total. The summed E-state index contributed by atoms with van der Waals surface area (Å²) < 4.78 is 0. The van der Waals surface area contributed by atoms with Crippen LogP contribution >= 0.6 is 0 Å². The number of nitrogens with zero attached hydrogens (tertiary/aromatic N) is 2. The summed E-state index contributed by atoms with van der Waals surface area (Å²) in [6, 6.07) is 9.36. The quantitative estimate of drug-likeness (QED) is 0.719. The second-order valence-electron chi connectivity index (χ2n) is 3.87. The van der Waals surface area contributed by atoms with Gasteiger partial charge in [-0.3, -0.25) is 10.1 Å². The van der Waals surface area contributed by atoms with Crippen LogP contribution < -0.4 is 0 Å². The molecule has 1 aromatic carbocycles. The summed E-state index contributed by atoms with van der Waals surface area (Å²) in [6.07, 6.45) is 3.03. The molecule has 0 aliphatic rings. The number of carboxylic acids is 1. The maximum Gasteiger partial charge on any atom is 0.339 e. The van der Waals surface area contributed by atoms with Gasteiger partial charge >= 0.3 is 5.97 Å². The molecular weight excluding hydrogens is 230 g/mol. The second kappa shape index (κ2) is 3.96. The van der Waals surface area contributed by atoms with Gasteiger partial charge in [-0.15, -0.1) is 0 Å². The fourth-order valence-electron chi connectivity index (χ4n) is 1.90. The molecule has 0 unspecified atom stereocenters. The van der Waals surface area contributed by atoms with Crippen molar-refractivity contribution in [1.29, 1.82) is 0 Å². The molecule has 0 amide bonds. The summed E-state index contributed by atoms with van der Waals surface area (Å²) in [5.41, 5.74) is 2.33. The molecule has 0 aliphatic carbocycles. The zero-order chi connectivity index (χ0) is 12.5. The predicted molar refractivity (Wildman–Crippen MR) is 66.3 cm³/mol. The standard InChI is InChI=1S/C13H9N3O2/c17-13(18)10-7-15-16-12(10)9-3-4-11-8(6-9)2-1-5-14-11/h1-7H,(H,15,16)(H,17,18). The van der Waals surface area contributed by atoms with E-state index >= 15 is 0 Å². The number of pyridine rings is 1. The Labute approximate surface area is 102 Å². The topological polar surface area (TPSA) is 78.9 Å². The number of hydrogen-bond acceptors (Lipinski definition) is 3. The van der Waals surface area contributed by atoms with Crippen molar-refractivity contribution in [1.82, 2.24) is 15.2 Å². The van der Waals surface area contributed by atoms with E-state index in [0.29, 0.717) is 5.69 Å². The van der Waals surface area contributed by atoms with Crippen LogP contribution in [0.4, 0.5) is 0 Å². The van der Waals surface area contributed by atoms with Crippen LogP contribution in [0.3, 0.4) is 0 Å². The van der Waals surface area contributed by atoms with Gasteiger partial charge < -0.3 is 5.11 Å². The number of nitrogens with one attached hydrogen (secondary N) is 1. The number of benzene rings is 1. The Bertz CT molecular complexity index is 734. The van der Waals surface area contributed by atoms with Crippen LogP contribution in [0.1, 0.15) is 10.4 Å². The van der Waals surface area contributed by atoms with Crippen LogP contribution in [0, 0.1) is 0 Å². The van der Waals surface area contributed by atoms with Gasteiger partial charge in [0.2, 0.25) is 0 Å². The predicted octanol–water partition coefficient (Wildman–Crippen LogP) is 2.32. The number of rotatable bonds is 2. The van der Waals surface area contributed by atoms with Crippen molar-refractivity contribution in [3.05, 3.63) is 48.3 Å². The first-order valence-corrected chi connectivity index (χ1v) is 5.37. The zero-order valence-electron chi connectivity index (χ0n) is 9.29. The number of H-pyrrole nitrogens is 1. The van der Waals surface area contributed by atoms with E-state index in [4.69, 9.17) is 5.11 Å². The lowest BCUT2D eigenvalue weighted by Gasteiger charge is -2.02. The first kappa shape index (κ1) is 10.5. The third-order valence-electron chi connectivity index (χ3n) is 2.76. The molecule has 0 atom stereocenters. The average molecular weight is 239 g/mol. The summed E-state index contributed by atoms with van der Waals surface area (Å²) in [5, 5.41) is 16.5. The van der Waals surface area contributed by atoms with Gasteiger partial charge in [-0.25, -0.2) is 4.79 Å². The summed E-state index contributed by atoms with van der Waals surface area (Å²) in [5.74, 6) is -0.995. The minimum atomic E-state index is -0.995. The Kier molecular flexibility index (Phi) is 2.30. The zero-order valence-corrected chi connectivity index (χ0v) is 9.29. The van der Waals surface area contributed by atoms with E-state index in [1.165, 1.54) is 6.20 Å². The van der Waals surface area contributed by atoms with Crippen LogP contribution in [-0.4, -0.2) is 26.3 Å². The Balaban J connectivity index is 2.19. The molecule has 5 heteroatoms. The van der Waals surface area contributed by atoms with Crippen molar-refractivity contribution in [2.75, 3.05) is 0 Å². The van der Waals surface area contributed by atoms with Gasteiger partial charge in [-0.2, -0.15) is 5.10 Å². The highest BCUT2D eigenvalue weighted by Crippen LogP contribution is 2.24. The lowest BCUT2D eigenvalue weighted by molar-refractivity contribution is 0.0698. The van der Waals surface area contributed by atoms with E-state index in [2.05, 4.69) is 15.2 Å². The Morgan fingerprint density at radius 2 is 2.17 bits per heavy atom. The molecule has 0 saturated carbocycles. The van der Waals surface area contributed by atoms with Crippen molar-refractivity contribution < 1.29 is 9.90 Å². The first-order chi connectivity index (χ1) is 8.75. The summed E-state index contributed by atoms with van der Waals surface area (Å²) in [6.45, 7) is 0. The van der Waals surface area contributed by atoms with Crippen molar-refractivity contribution in [2.45, 2.75) is 0 Å². The molecule has 2 aromatic heterocycles. The normalized spacial score (nSPS) is 10.7. The SMILES string of the molecule is O=C(O)c1cn[nH]c1-c1ccc2ncccc2c1. The Morgan fingerprint density at radius 3 is 3.00 bits per heavy atom. The average Bonchev–Trinajstić information content (AvgIpc) is 2.87. The number of aromatic carboxylic acids is 1. The fraction of sp³-hybridized carbons (Fsp3) is 0. The van der Waals surface area contributed by atoms with Crippen LogP contribution in [0.25, 0.3) is 22.2 Å². The summed E-state index contributed by atoms with van der Waals surface area (Å²) >= 11 is 0. The molecule has 2 heterocycles. The van der Waals surface area contributed by atoms with E-state index in [1.54, 1.807) is 6.20 Å². The van der Waals surface area contributed by atoms with Crippen LogP contribution in [-0.2, 0) is 0 Å². The van der Waals surface area contributed by atoms with E-state index in [0.717, 1.165) is 16.5 Å². The molecule has 0 spiro atoms. The van der Waals surface area contributed by atoms with Crippen molar-refractivity contribution in [2.24, 2.45) is 0 Å². The van der Waals surface area contributed by atoms with Crippen LogP contribution in [0.2, 0.25) is 0 Å². The van der Waals surface area contributed by atoms with E-state index < -0.39 is 5.97 Å². The van der Waals surface area contributed by atoms with Gasteiger partial charge in [0.15, 0.2) is 0 Å². The smallest absolute Gasteiger partial charge is 0.339 e. The fourth-order valence-corrected chi connectivity index (χ4v) is 1.90. The monoisotopic (exact) mass is 239 g/mol. The number of aromatic amines is 1. The third kappa shape index (κ3) is 1.62. The Hall–Kier alpha value is -2.69. The van der Waals surface area contributed by atoms with E-state index in [9.17, 15) is 4.79 Å². The van der Waals surface area contributed by atoms with Crippen molar-refractivity contribution >= 4 is 16.9 Å². The second-order valence-corrected chi connectivity index (χ2v) is 3.87. The van der Waals surface area contributed by atoms with Crippen LogP contribution in [0.15, 0.2) is 42.7 Å². The highest BCUT2D eigenvalue weighted by Gasteiger charge is 2.14. The van der Waals surface area contributed by atoms with E-state index in [1.807, 2.05) is 30.3 Å². The third-order valence-corrected chi connectivity index (χ3v) is 2.76. The maximum atomic E-state index is 11.0. The molecule has 0 bridgehead atoms. The Morgan fingerprint density at radius 1 is 1.28 bits per heavy atom. The van der Waals surface area contributed by atoms with Gasteiger partial charge in [0, 0.05) is 17.1 Å². The molecule has 5 nitrogen and oxygen atoms in total. The molecule has 88 valence electrons. The molecule has 3 rings (SSSR count). The van der Waals surface area contributed by atoms with Crippen LogP contribution in [0.5, 0.6) is 0 Å². The molecule has 0 aliphatic heterocycles. The number of carboxylic acid groups (broad SMARTS) is 1. The maximum absolute atomic E-state index is 11.0. The lowest BCUT2D eigenvalue weighted by Crippen LogP contribution is -1.96. The number of hydrogen-bond donors (Lipinski definition) is 2. The molecule has 0 radical (unpaired) electrons. The molecule has 0 saturated heterocycles. The number of carbonyl (C=O) groups is 1. The lowest BCUT2D eigenvalue weighted by atomic mass is 10.1. The summed E-state index contributed by atoms with van der Waals surface area (Å²) in [4.78, 5) is 15.3. The molecule has 3 aromatic rings. The minimum Gasteiger partial charge on any atom is -0.478 e. The van der Waals surface area contributed by atoms with Crippen molar-refractivity contribution in [3.8, 4) is 11.3 Å². The number of fused-ring (bicyclic) bond motifs is 1. The van der Waals surface area contributed by atoms with Gasteiger partial charge in [0.25, 0.3) is 0 Å². The molecular formula is C13H9N3O2. The van der Waals surface area contributed by atoms with Crippen molar-refractivity contribution in [3.63, 3.8) is 0 Å². The molecule has 0 fully saturated rings. The van der Waals surface area contributed by atoms with Gasteiger partial charge in [-0.1, -0.05) is 12.1 Å². The summed E-state index contributed by atoms with van der Waals surface area (Å²) in [7, 11) is 0. The minimum absolute atomic E-state index is 0.165. The largest absolute Gasteiger partial charge is 0.478 e. The first-order valence-electron chi connectivity index (χ1n) is 5.37. The molecule has 18 heavy (non-hydrogen) atoms. The highest BCUT2D eigenvalue weighted by atomic mass is 16.4. The van der Waals surface area contributed by atoms with Gasteiger partial charge in [0.05, 0.1) is 17.4 Å². The van der Waals surface area contributed by atoms with Gasteiger partial charge in [0.1, 0.15) is 5.56 Å². The number of aromatic nitrogens is 3. The van der Waals surface area contributed by atoms with Gasteiger partial charge in [-0.05, 0) is 18.2 Å².